The summed E-state index contributed by atoms with van der Waals surface area (Å²) < 4.78 is 43.2. The number of carbonyl (C=O) groups is 1. The fraction of sp³-hybridized carbons (Fsp3) is 0.0833. The monoisotopic (exact) mass is 268 g/mol. The minimum Gasteiger partial charge on any atom is -0.453 e. The van der Waals surface area contributed by atoms with Gasteiger partial charge in [-0.3, -0.25) is 4.79 Å². The Bertz CT molecular complexity index is 661. The number of hydrogen-bond acceptors (Lipinski definition) is 2. The van der Waals surface area contributed by atoms with Crippen molar-refractivity contribution in [2.45, 2.75) is 6.18 Å². The second-order valence-corrected chi connectivity index (χ2v) is 3.98. The third-order valence-electron chi connectivity index (χ3n) is 2.71. The Morgan fingerprint density at radius 2 is 1.89 bits per heavy atom. The van der Waals surface area contributed by atoms with Gasteiger partial charge in [0.1, 0.15) is 5.69 Å². The van der Waals surface area contributed by atoms with Gasteiger partial charge in [0.2, 0.25) is 0 Å². The molecule has 0 radical (unpaired) electrons. The second kappa shape index (κ2) is 3.78. The quantitative estimate of drug-likeness (QED) is 0.769. The van der Waals surface area contributed by atoms with Gasteiger partial charge in [-0.05, 0) is 24.3 Å². The number of carbonyl (C=O) groups excluding carboxylic acids is 1. The van der Waals surface area contributed by atoms with E-state index in [-0.39, 0.29) is 22.9 Å². The molecule has 0 fully saturated rings. The van der Waals surface area contributed by atoms with E-state index in [1.165, 1.54) is 18.3 Å². The first-order chi connectivity index (χ1) is 8.95. The zero-order valence-corrected chi connectivity index (χ0v) is 9.34. The van der Waals surface area contributed by atoms with Crippen LogP contribution in [0.3, 0.4) is 0 Å². The van der Waals surface area contributed by atoms with Crippen molar-refractivity contribution >= 4 is 11.6 Å². The predicted molar refractivity (Wildman–Crippen MR) is 60.3 cm³/mol. The van der Waals surface area contributed by atoms with E-state index in [0.717, 1.165) is 12.1 Å². The van der Waals surface area contributed by atoms with Crippen LogP contribution in [0, 0.1) is 0 Å². The smallest absolute Gasteiger partial charge is 0.416 e. The molecule has 0 unspecified atom stereocenters. The third-order valence-corrected chi connectivity index (χ3v) is 2.71. The van der Waals surface area contributed by atoms with E-state index < -0.39 is 17.6 Å². The highest BCUT2D eigenvalue weighted by molar-refractivity contribution is 6.06. The molecular weight excluding hydrogens is 261 g/mol. The number of anilines is 1. The first-order valence-corrected chi connectivity index (χ1v) is 5.33. The molecule has 2 heterocycles. The summed E-state index contributed by atoms with van der Waals surface area (Å²) in [6.45, 7) is 0. The summed E-state index contributed by atoms with van der Waals surface area (Å²) in [5.41, 5.74) is -0.685. The average Bonchev–Trinajstić information content (AvgIpc) is 2.73. The minimum absolute atomic E-state index is 0.00979. The lowest BCUT2D eigenvalue weighted by Crippen LogP contribution is -2.12. The molecule has 19 heavy (non-hydrogen) atoms. The van der Waals surface area contributed by atoms with Gasteiger partial charge in [0.25, 0.3) is 5.91 Å². The number of aromatic nitrogens is 1. The molecule has 0 aliphatic carbocycles. The van der Waals surface area contributed by atoms with Crippen molar-refractivity contribution in [2.24, 2.45) is 0 Å². The van der Waals surface area contributed by atoms with Crippen molar-refractivity contribution in [1.82, 2.24) is 4.98 Å². The SMILES string of the molecule is O=C1Nc2cc(C(F)(F)F)ccc2Oc2cc[nH]c21. The number of rotatable bonds is 0. The molecule has 0 bridgehead atoms. The van der Waals surface area contributed by atoms with E-state index in [2.05, 4.69) is 10.3 Å². The van der Waals surface area contributed by atoms with Gasteiger partial charge in [-0.1, -0.05) is 0 Å². The molecule has 7 heteroatoms. The normalized spacial score (nSPS) is 13.9. The lowest BCUT2D eigenvalue weighted by atomic mass is 10.2. The molecule has 1 aliphatic rings. The second-order valence-electron chi connectivity index (χ2n) is 3.98. The topological polar surface area (TPSA) is 54.1 Å². The van der Waals surface area contributed by atoms with Gasteiger partial charge in [-0.15, -0.1) is 0 Å². The Morgan fingerprint density at radius 3 is 2.63 bits per heavy atom. The van der Waals surface area contributed by atoms with Gasteiger partial charge >= 0.3 is 6.18 Å². The van der Waals surface area contributed by atoms with Gasteiger partial charge in [0, 0.05) is 6.20 Å². The molecule has 1 aromatic carbocycles. The summed E-state index contributed by atoms with van der Waals surface area (Å²) in [4.78, 5) is 14.5. The van der Waals surface area contributed by atoms with Crippen LogP contribution in [0.15, 0.2) is 30.5 Å². The molecule has 1 aromatic heterocycles. The van der Waals surface area contributed by atoms with E-state index >= 15 is 0 Å². The summed E-state index contributed by atoms with van der Waals surface area (Å²) in [5.74, 6) is -0.103. The summed E-state index contributed by atoms with van der Waals surface area (Å²) in [6, 6.07) is 4.46. The van der Waals surface area contributed by atoms with Crippen molar-refractivity contribution in [2.75, 3.05) is 5.32 Å². The molecule has 4 nitrogen and oxygen atoms in total. The van der Waals surface area contributed by atoms with Crippen LogP contribution in [0.2, 0.25) is 0 Å². The molecule has 0 saturated carbocycles. The van der Waals surface area contributed by atoms with Gasteiger partial charge in [-0.25, -0.2) is 0 Å². The third kappa shape index (κ3) is 1.92. The maximum Gasteiger partial charge on any atom is 0.416 e. The number of amides is 1. The van der Waals surface area contributed by atoms with Crippen LogP contribution in [0.5, 0.6) is 11.5 Å². The number of benzene rings is 1. The maximum absolute atomic E-state index is 12.6. The highest BCUT2D eigenvalue weighted by Gasteiger charge is 2.32. The first kappa shape index (κ1) is 11.6. The predicted octanol–water partition coefficient (Wildman–Crippen LogP) is 3.39. The molecule has 1 amide bonds. The zero-order valence-electron chi connectivity index (χ0n) is 9.34. The van der Waals surface area contributed by atoms with Gasteiger partial charge in [0.15, 0.2) is 11.5 Å². The number of halogens is 3. The number of H-pyrrole nitrogens is 1. The Morgan fingerprint density at radius 1 is 1.11 bits per heavy atom. The van der Waals surface area contributed by atoms with Crippen LogP contribution < -0.4 is 10.1 Å². The molecule has 0 atom stereocenters. The molecule has 0 spiro atoms. The lowest BCUT2D eigenvalue weighted by molar-refractivity contribution is -0.137. The summed E-state index contributed by atoms with van der Waals surface area (Å²) in [5, 5.41) is 2.38. The number of alkyl halides is 3. The Balaban J connectivity index is 2.08. The molecule has 2 N–H and O–H groups in total. The van der Waals surface area contributed by atoms with Crippen LogP contribution in [-0.4, -0.2) is 10.9 Å². The Labute approximate surface area is 105 Å². The van der Waals surface area contributed by atoms with E-state index in [1.807, 2.05) is 0 Å². The molecule has 3 rings (SSSR count). The number of hydrogen-bond donors (Lipinski definition) is 2. The highest BCUT2D eigenvalue weighted by Crippen LogP contribution is 2.39. The van der Waals surface area contributed by atoms with E-state index in [1.54, 1.807) is 0 Å². The summed E-state index contributed by atoms with van der Waals surface area (Å²) >= 11 is 0. The average molecular weight is 268 g/mol. The number of fused-ring (bicyclic) bond motifs is 2. The van der Waals surface area contributed by atoms with Crippen molar-refractivity contribution < 1.29 is 22.7 Å². The van der Waals surface area contributed by atoms with Crippen molar-refractivity contribution in [3.8, 4) is 11.5 Å². The van der Waals surface area contributed by atoms with Crippen LogP contribution in [0.25, 0.3) is 0 Å². The van der Waals surface area contributed by atoms with Crippen molar-refractivity contribution in [3.63, 3.8) is 0 Å². The fourth-order valence-electron chi connectivity index (χ4n) is 1.81. The van der Waals surface area contributed by atoms with E-state index in [4.69, 9.17) is 4.74 Å². The molecular formula is C12H7F3N2O2. The van der Waals surface area contributed by atoms with Gasteiger partial charge in [-0.2, -0.15) is 13.2 Å². The highest BCUT2D eigenvalue weighted by atomic mass is 19.4. The molecule has 0 saturated heterocycles. The first-order valence-electron chi connectivity index (χ1n) is 5.33. The largest absolute Gasteiger partial charge is 0.453 e. The van der Waals surface area contributed by atoms with Crippen molar-refractivity contribution in [3.05, 3.63) is 41.7 Å². The van der Waals surface area contributed by atoms with Crippen molar-refractivity contribution in [1.29, 1.82) is 0 Å². The minimum atomic E-state index is -4.47. The van der Waals surface area contributed by atoms with Crippen LogP contribution in [-0.2, 0) is 6.18 Å². The van der Waals surface area contributed by atoms with Crippen LogP contribution in [0.1, 0.15) is 16.1 Å². The number of ether oxygens (including phenoxy) is 1. The van der Waals surface area contributed by atoms with Crippen LogP contribution in [0.4, 0.5) is 18.9 Å². The maximum atomic E-state index is 12.6. The summed E-state index contributed by atoms with van der Waals surface area (Å²) in [6.07, 6.45) is -2.96. The number of nitrogens with one attached hydrogen (secondary N) is 2. The number of aromatic amines is 1. The zero-order chi connectivity index (χ0) is 13.6. The molecule has 2 aromatic rings. The lowest BCUT2D eigenvalue weighted by Gasteiger charge is -2.11. The Hall–Kier alpha value is -2.44. The van der Waals surface area contributed by atoms with Gasteiger partial charge < -0.3 is 15.0 Å². The fourth-order valence-corrected chi connectivity index (χ4v) is 1.81. The van der Waals surface area contributed by atoms with E-state index in [9.17, 15) is 18.0 Å². The molecule has 98 valence electrons. The van der Waals surface area contributed by atoms with E-state index in [0.29, 0.717) is 0 Å². The summed E-state index contributed by atoms with van der Waals surface area (Å²) in [7, 11) is 0. The van der Waals surface area contributed by atoms with Gasteiger partial charge in [0.05, 0.1) is 11.3 Å². The molecule has 1 aliphatic heterocycles. The van der Waals surface area contributed by atoms with Crippen LogP contribution >= 0.6 is 0 Å². The standard InChI is InChI=1S/C12H7F3N2O2/c13-12(14,15)6-1-2-8-7(5-6)17-11(18)10-9(19-8)3-4-16-10/h1-5,16H,(H,17,18). The Kier molecular flexibility index (Phi) is 2.31.